The van der Waals surface area contributed by atoms with Crippen LogP contribution in [0.5, 0.6) is 0 Å². The number of carbonyl (C=O) groups excluding carboxylic acids is 1. The zero-order valence-corrected chi connectivity index (χ0v) is 15.4. The van der Waals surface area contributed by atoms with Crippen molar-refractivity contribution in [3.05, 3.63) is 34.3 Å². The Morgan fingerprint density at radius 2 is 1.79 bits per heavy atom. The van der Waals surface area contributed by atoms with E-state index in [1.807, 2.05) is 17.0 Å². The van der Waals surface area contributed by atoms with E-state index < -0.39 is 0 Å². The molecule has 1 spiro atoms. The van der Waals surface area contributed by atoms with Gasteiger partial charge in [0.25, 0.3) is 0 Å². The SMILES string of the molecule is O=C1OC2(CCC(O)CC2)CCN1[C@H](c1ccc(Br)cc1)C1CC1. The van der Waals surface area contributed by atoms with E-state index in [0.717, 1.165) is 43.1 Å². The Hall–Kier alpha value is -1.07. The lowest BCUT2D eigenvalue weighted by Crippen LogP contribution is -2.52. The van der Waals surface area contributed by atoms with Crippen LogP contribution in [0.1, 0.15) is 56.6 Å². The lowest BCUT2D eigenvalue weighted by atomic mass is 9.80. The van der Waals surface area contributed by atoms with Crippen LogP contribution in [-0.4, -0.2) is 34.3 Å². The molecule has 1 amide bonds. The number of halogens is 1. The number of ether oxygens (including phenoxy) is 1. The molecule has 1 N–H and O–H groups in total. The van der Waals surface area contributed by atoms with E-state index >= 15 is 0 Å². The summed E-state index contributed by atoms with van der Waals surface area (Å²) in [6.07, 6.45) is 5.92. The maximum Gasteiger partial charge on any atom is 0.410 e. The second-order valence-electron chi connectivity index (χ2n) is 7.56. The fraction of sp³-hybridized carbons (Fsp3) is 0.632. The van der Waals surface area contributed by atoms with Gasteiger partial charge in [0.1, 0.15) is 5.60 Å². The highest BCUT2D eigenvalue weighted by molar-refractivity contribution is 9.10. The highest BCUT2D eigenvalue weighted by Crippen LogP contribution is 2.47. The van der Waals surface area contributed by atoms with E-state index in [2.05, 4.69) is 28.1 Å². The number of rotatable bonds is 3. The third-order valence-electron chi connectivity index (χ3n) is 5.83. The molecule has 1 aromatic rings. The Kier molecular flexibility index (Phi) is 4.33. The summed E-state index contributed by atoms with van der Waals surface area (Å²) in [5, 5.41) is 9.73. The molecule has 4 rings (SSSR count). The van der Waals surface area contributed by atoms with E-state index in [-0.39, 0.29) is 23.8 Å². The molecule has 130 valence electrons. The number of benzene rings is 1. The number of amides is 1. The van der Waals surface area contributed by atoms with Gasteiger partial charge in [0.15, 0.2) is 0 Å². The summed E-state index contributed by atoms with van der Waals surface area (Å²) in [6, 6.07) is 8.45. The normalized spacial score (nSPS) is 31.8. The highest BCUT2D eigenvalue weighted by Gasteiger charge is 2.47. The minimum absolute atomic E-state index is 0.136. The quantitative estimate of drug-likeness (QED) is 0.826. The zero-order chi connectivity index (χ0) is 16.7. The van der Waals surface area contributed by atoms with Gasteiger partial charge in [0.05, 0.1) is 12.1 Å². The van der Waals surface area contributed by atoms with Crippen molar-refractivity contribution in [3.63, 3.8) is 0 Å². The largest absolute Gasteiger partial charge is 0.443 e. The standard InChI is InChI=1S/C19H24BrNO3/c20-15-5-3-14(4-6-15)17(13-1-2-13)21-12-11-19(24-18(21)23)9-7-16(22)8-10-19/h3-6,13,16-17,22H,1-2,7-12H2/t16?,17-,19?/m0/s1. The van der Waals surface area contributed by atoms with Crippen LogP contribution >= 0.6 is 15.9 Å². The third-order valence-corrected chi connectivity index (χ3v) is 6.36. The summed E-state index contributed by atoms with van der Waals surface area (Å²) in [7, 11) is 0. The van der Waals surface area contributed by atoms with Crippen molar-refractivity contribution in [1.29, 1.82) is 0 Å². The first-order valence-electron chi connectivity index (χ1n) is 8.99. The van der Waals surface area contributed by atoms with Gasteiger partial charge in [0.2, 0.25) is 0 Å². The third kappa shape index (κ3) is 3.21. The van der Waals surface area contributed by atoms with Crippen molar-refractivity contribution < 1.29 is 14.6 Å². The molecule has 2 saturated carbocycles. The molecule has 1 aliphatic heterocycles. The fourth-order valence-electron chi connectivity index (χ4n) is 4.22. The first-order chi connectivity index (χ1) is 11.6. The van der Waals surface area contributed by atoms with E-state index in [9.17, 15) is 9.90 Å². The minimum Gasteiger partial charge on any atom is -0.443 e. The number of carbonyl (C=O) groups is 1. The van der Waals surface area contributed by atoms with Crippen LogP contribution in [0.2, 0.25) is 0 Å². The van der Waals surface area contributed by atoms with Crippen molar-refractivity contribution in [2.75, 3.05) is 6.54 Å². The average Bonchev–Trinajstić information content (AvgIpc) is 3.40. The Labute approximate surface area is 151 Å². The summed E-state index contributed by atoms with van der Waals surface area (Å²) in [5.74, 6) is 0.556. The smallest absolute Gasteiger partial charge is 0.410 e. The molecule has 0 bridgehead atoms. The maximum absolute atomic E-state index is 12.8. The Morgan fingerprint density at radius 3 is 2.38 bits per heavy atom. The zero-order valence-electron chi connectivity index (χ0n) is 13.8. The molecule has 4 nitrogen and oxygen atoms in total. The number of hydrogen-bond donors (Lipinski definition) is 1. The van der Waals surface area contributed by atoms with Crippen LogP contribution in [0.3, 0.4) is 0 Å². The molecule has 3 aliphatic rings. The van der Waals surface area contributed by atoms with Crippen molar-refractivity contribution in [3.8, 4) is 0 Å². The van der Waals surface area contributed by atoms with Gasteiger partial charge in [0, 0.05) is 17.4 Å². The number of aliphatic hydroxyl groups excluding tert-OH is 1. The van der Waals surface area contributed by atoms with Gasteiger partial charge in [-0.15, -0.1) is 0 Å². The summed E-state index contributed by atoms with van der Waals surface area (Å²) in [5.41, 5.74) is 0.869. The summed E-state index contributed by atoms with van der Waals surface area (Å²) < 4.78 is 7.00. The van der Waals surface area contributed by atoms with Crippen LogP contribution in [0, 0.1) is 5.92 Å². The van der Waals surface area contributed by atoms with Crippen molar-refractivity contribution >= 4 is 22.0 Å². The number of hydrogen-bond acceptors (Lipinski definition) is 3. The predicted molar refractivity (Wildman–Crippen MR) is 94.6 cm³/mol. The van der Waals surface area contributed by atoms with Crippen LogP contribution in [0.15, 0.2) is 28.7 Å². The number of nitrogens with zero attached hydrogens (tertiary/aromatic N) is 1. The maximum atomic E-state index is 12.8. The van der Waals surface area contributed by atoms with Crippen molar-refractivity contribution in [1.82, 2.24) is 4.90 Å². The topological polar surface area (TPSA) is 49.8 Å². The molecule has 3 fully saturated rings. The van der Waals surface area contributed by atoms with Crippen LogP contribution in [0.25, 0.3) is 0 Å². The fourth-order valence-corrected chi connectivity index (χ4v) is 4.49. The van der Waals surface area contributed by atoms with Gasteiger partial charge in [-0.05, 0) is 62.1 Å². The predicted octanol–water partition coefficient (Wildman–Crippen LogP) is 4.42. The second-order valence-corrected chi connectivity index (χ2v) is 8.48. The molecule has 0 unspecified atom stereocenters. The molecule has 2 aliphatic carbocycles. The molecule has 1 heterocycles. The molecule has 1 aromatic carbocycles. The Morgan fingerprint density at radius 1 is 1.12 bits per heavy atom. The van der Waals surface area contributed by atoms with Gasteiger partial charge >= 0.3 is 6.09 Å². The molecule has 5 heteroatoms. The van der Waals surface area contributed by atoms with E-state index in [0.29, 0.717) is 5.92 Å². The van der Waals surface area contributed by atoms with Crippen LogP contribution < -0.4 is 0 Å². The molecule has 0 aromatic heterocycles. The average molecular weight is 394 g/mol. The molecule has 1 saturated heterocycles. The molecular weight excluding hydrogens is 370 g/mol. The van der Waals surface area contributed by atoms with Crippen molar-refractivity contribution in [2.45, 2.75) is 62.7 Å². The van der Waals surface area contributed by atoms with Gasteiger partial charge in [-0.3, -0.25) is 0 Å². The summed E-state index contributed by atoms with van der Waals surface area (Å²) in [6.45, 7) is 0.756. The first kappa shape index (κ1) is 16.4. The van der Waals surface area contributed by atoms with E-state index in [4.69, 9.17) is 4.74 Å². The van der Waals surface area contributed by atoms with Gasteiger partial charge < -0.3 is 14.7 Å². The summed E-state index contributed by atoms with van der Waals surface area (Å²) >= 11 is 3.48. The van der Waals surface area contributed by atoms with Crippen LogP contribution in [0.4, 0.5) is 4.79 Å². The van der Waals surface area contributed by atoms with E-state index in [1.165, 1.54) is 18.4 Å². The van der Waals surface area contributed by atoms with Gasteiger partial charge in [-0.1, -0.05) is 28.1 Å². The Bertz CT molecular complexity index is 606. The lowest BCUT2D eigenvalue weighted by molar-refractivity contribution is -0.0931. The minimum atomic E-state index is -0.333. The molecular formula is C19H24BrNO3. The number of aliphatic hydroxyl groups is 1. The highest BCUT2D eigenvalue weighted by atomic mass is 79.9. The lowest BCUT2D eigenvalue weighted by Gasteiger charge is -2.46. The second kappa shape index (κ2) is 6.34. The Balaban J connectivity index is 1.51. The van der Waals surface area contributed by atoms with Gasteiger partial charge in [-0.25, -0.2) is 4.79 Å². The van der Waals surface area contributed by atoms with Crippen LogP contribution in [-0.2, 0) is 4.74 Å². The summed E-state index contributed by atoms with van der Waals surface area (Å²) in [4.78, 5) is 14.7. The molecule has 1 atom stereocenters. The molecule has 0 radical (unpaired) electrons. The monoisotopic (exact) mass is 393 g/mol. The molecule has 24 heavy (non-hydrogen) atoms. The van der Waals surface area contributed by atoms with Gasteiger partial charge in [-0.2, -0.15) is 0 Å². The first-order valence-corrected chi connectivity index (χ1v) is 9.79. The van der Waals surface area contributed by atoms with Crippen molar-refractivity contribution in [2.24, 2.45) is 5.92 Å². The van der Waals surface area contributed by atoms with E-state index in [1.54, 1.807) is 0 Å².